The van der Waals surface area contributed by atoms with Crippen LogP contribution in [0, 0.1) is 24.7 Å². The second kappa shape index (κ2) is 15.6. The van der Waals surface area contributed by atoms with Gasteiger partial charge >= 0.3 is 0 Å². The maximum absolute atomic E-state index is 14.0. The summed E-state index contributed by atoms with van der Waals surface area (Å²) < 4.78 is 41.7. The van der Waals surface area contributed by atoms with E-state index in [9.17, 15) is 22.8 Å². The Morgan fingerprint density at radius 2 is 1.91 bits per heavy atom. The van der Waals surface area contributed by atoms with Gasteiger partial charge in [0.15, 0.2) is 5.82 Å². The standard InChI is InChI=1S/C39H52N6O7S/c1-24(2)32-16-18-45(42-32)35-21-34(30-14-15-33(51-6)25(3)36(30)40-35)52-28-19-26(23-46)31(20-28)37(47)41-39(38(48)43-53(49,50)29-12-13-29)22-27(39)11-9-7-8-10-17-44(4)5/h9,11,14-16,18,21,23-24,26-29,31H,7-8,10,12-13,17,19-20,22H2,1-6H3,(H,41,47)(H,43,48)/b11-9-/t26-,27+,28-,31+,39+/m0/s1. The largest absolute Gasteiger partial charge is 0.496 e. The minimum atomic E-state index is -3.83. The molecule has 3 saturated carbocycles. The molecule has 53 heavy (non-hydrogen) atoms. The third kappa shape index (κ3) is 8.43. The Balaban J connectivity index is 1.21. The minimum Gasteiger partial charge on any atom is -0.496 e. The zero-order valence-electron chi connectivity index (χ0n) is 31.5. The lowest BCUT2D eigenvalue weighted by Crippen LogP contribution is -2.54. The molecule has 13 nitrogen and oxygen atoms in total. The van der Waals surface area contributed by atoms with Crippen LogP contribution >= 0.6 is 0 Å². The predicted octanol–water partition coefficient (Wildman–Crippen LogP) is 4.60. The van der Waals surface area contributed by atoms with E-state index in [-0.39, 0.29) is 24.7 Å². The number of hydrogen-bond donors (Lipinski definition) is 2. The number of aldehydes is 1. The van der Waals surface area contributed by atoms with Gasteiger partial charge in [-0.3, -0.25) is 14.3 Å². The van der Waals surface area contributed by atoms with Crippen LogP contribution in [0.3, 0.4) is 0 Å². The molecule has 3 aromatic rings. The monoisotopic (exact) mass is 748 g/mol. The van der Waals surface area contributed by atoms with Crippen molar-refractivity contribution in [3.05, 3.63) is 53.9 Å². The second-order valence-corrected chi connectivity index (χ2v) is 17.4. The Morgan fingerprint density at radius 3 is 2.57 bits per heavy atom. The lowest BCUT2D eigenvalue weighted by atomic mass is 9.96. The summed E-state index contributed by atoms with van der Waals surface area (Å²) in [6.07, 6.45) is 10.6. The van der Waals surface area contributed by atoms with Crippen molar-refractivity contribution in [3.63, 3.8) is 0 Å². The quantitative estimate of drug-likeness (QED) is 0.113. The van der Waals surface area contributed by atoms with Crippen molar-refractivity contribution in [3.8, 4) is 17.3 Å². The number of aromatic nitrogens is 3. The number of amides is 2. The number of unbranched alkanes of at least 4 members (excludes halogenated alkanes) is 2. The van der Waals surface area contributed by atoms with E-state index < -0.39 is 50.6 Å². The van der Waals surface area contributed by atoms with Crippen LogP contribution in [0.4, 0.5) is 0 Å². The topological polar surface area (TPSA) is 162 Å². The van der Waals surface area contributed by atoms with E-state index in [0.29, 0.717) is 42.1 Å². The predicted molar refractivity (Wildman–Crippen MR) is 202 cm³/mol. The Bertz CT molecular complexity index is 1990. The van der Waals surface area contributed by atoms with Gasteiger partial charge in [0.2, 0.25) is 15.9 Å². The first-order valence-corrected chi connectivity index (χ1v) is 20.2. The first-order valence-electron chi connectivity index (χ1n) is 18.6. The molecule has 0 radical (unpaired) electrons. The number of methoxy groups -OCH3 is 1. The molecule has 6 rings (SSSR count). The average molecular weight is 749 g/mol. The number of ether oxygens (including phenoxy) is 2. The molecule has 1 aromatic carbocycles. The number of carbonyl (C=O) groups is 3. The summed E-state index contributed by atoms with van der Waals surface area (Å²) >= 11 is 0. The number of rotatable bonds is 17. The molecule has 2 aromatic heterocycles. The molecule has 0 saturated heterocycles. The number of benzene rings is 1. The molecule has 3 fully saturated rings. The van der Waals surface area contributed by atoms with Crippen molar-refractivity contribution in [1.29, 1.82) is 0 Å². The summed E-state index contributed by atoms with van der Waals surface area (Å²) in [5.74, 6) is -0.997. The Kier molecular flexibility index (Phi) is 11.3. The molecule has 0 bridgehead atoms. The van der Waals surface area contributed by atoms with Crippen molar-refractivity contribution in [1.82, 2.24) is 29.7 Å². The normalized spacial score (nSPS) is 24.2. The molecule has 3 aliphatic carbocycles. The maximum Gasteiger partial charge on any atom is 0.259 e. The molecule has 2 amide bonds. The van der Waals surface area contributed by atoms with Crippen LogP contribution in [0.2, 0.25) is 0 Å². The molecule has 14 heteroatoms. The molecular weight excluding hydrogens is 697 g/mol. The Morgan fingerprint density at radius 1 is 1.13 bits per heavy atom. The van der Waals surface area contributed by atoms with Gasteiger partial charge in [-0.25, -0.2) is 18.1 Å². The van der Waals surface area contributed by atoms with Gasteiger partial charge in [0.05, 0.1) is 29.5 Å². The van der Waals surface area contributed by atoms with E-state index in [1.54, 1.807) is 11.8 Å². The van der Waals surface area contributed by atoms with E-state index in [1.165, 1.54) is 0 Å². The van der Waals surface area contributed by atoms with Gasteiger partial charge in [-0.05, 0) is 103 Å². The van der Waals surface area contributed by atoms with Crippen molar-refractivity contribution >= 4 is 39.0 Å². The van der Waals surface area contributed by atoms with Crippen LogP contribution in [-0.4, -0.2) is 90.8 Å². The Hall–Kier alpha value is -4.30. The first-order chi connectivity index (χ1) is 25.3. The zero-order chi connectivity index (χ0) is 38.1. The molecule has 0 aliphatic heterocycles. The fourth-order valence-electron chi connectivity index (χ4n) is 7.25. The summed E-state index contributed by atoms with van der Waals surface area (Å²) in [6, 6.07) is 7.50. The summed E-state index contributed by atoms with van der Waals surface area (Å²) in [5, 5.41) is 7.81. The number of allylic oxidation sites excluding steroid dienone is 1. The van der Waals surface area contributed by atoms with Crippen LogP contribution in [0.15, 0.2) is 42.6 Å². The van der Waals surface area contributed by atoms with Gasteiger partial charge in [0.25, 0.3) is 5.91 Å². The highest BCUT2D eigenvalue weighted by Gasteiger charge is 2.62. The second-order valence-electron chi connectivity index (χ2n) is 15.4. The number of nitrogens with one attached hydrogen (secondary N) is 2. The van der Waals surface area contributed by atoms with Gasteiger partial charge in [0, 0.05) is 35.0 Å². The zero-order valence-corrected chi connectivity index (χ0v) is 32.3. The molecule has 2 N–H and O–H groups in total. The summed E-state index contributed by atoms with van der Waals surface area (Å²) in [5.41, 5.74) is 1.02. The van der Waals surface area contributed by atoms with Crippen LogP contribution in [0.5, 0.6) is 11.5 Å². The van der Waals surface area contributed by atoms with E-state index >= 15 is 0 Å². The molecule has 2 heterocycles. The molecule has 0 spiro atoms. The maximum atomic E-state index is 14.0. The minimum absolute atomic E-state index is 0.226. The van der Waals surface area contributed by atoms with Gasteiger partial charge in [-0.1, -0.05) is 26.0 Å². The summed E-state index contributed by atoms with van der Waals surface area (Å²) in [4.78, 5) is 47.1. The van der Waals surface area contributed by atoms with Gasteiger partial charge in [0.1, 0.15) is 29.4 Å². The third-order valence-electron chi connectivity index (χ3n) is 10.7. The fourth-order valence-corrected chi connectivity index (χ4v) is 8.62. The first kappa shape index (κ1) is 38.4. The van der Waals surface area contributed by atoms with Gasteiger partial charge in [-0.2, -0.15) is 5.10 Å². The molecular formula is C39H52N6O7S. The smallest absolute Gasteiger partial charge is 0.259 e. The SMILES string of the molecule is COc1ccc2c(O[C@H]3C[C@@H](C=O)[C@H](C(=O)N[C@]4(C(=O)NS(=O)(=O)C5CC5)C[C@H]4/C=C\CCCCN(C)C)C3)cc(-n3ccc(C(C)C)n3)nc2c1C. The lowest BCUT2D eigenvalue weighted by Gasteiger charge is -2.22. The molecule has 5 atom stereocenters. The highest BCUT2D eigenvalue weighted by atomic mass is 32.2. The average Bonchev–Trinajstić information content (AvgIpc) is 3.99. The van der Waals surface area contributed by atoms with Crippen LogP contribution in [-0.2, 0) is 24.4 Å². The molecule has 0 unspecified atom stereocenters. The fraction of sp³-hybridized carbons (Fsp3) is 0.564. The Labute approximate surface area is 311 Å². The van der Waals surface area contributed by atoms with E-state index in [4.69, 9.17) is 19.6 Å². The lowest BCUT2D eigenvalue weighted by molar-refractivity contribution is -0.133. The number of aryl methyl sites for hydroxylation is 1. The number of hydrogen-bond acceptors (Lipinski definition) is 10. The number of nitrogens with zero attached hydrogens (tertiary/aromatic N) is 4. The van der Waals surface area contributed by atoms with Gasteiger partial charge in [-0.15, -0.1) is 0 Å². The van der Waals surface area contributed by atoms with E-state index in [1.807, 2.05) is 63.6 Å². The van der Waals surface area contributed by atoms with Crippen LogP contribution < -0.4 is 19.5 Å². The summed E-state index contributed by atoms with van der Waals surface area (Å²) in [7, 11) is 1.83. The van der Waals surface area contributed by atoms with Crippen molar-refractivity contribution in [2.24, 2.45) is 17.8 Å². The third-order valence-corrected chi connectivity index (χ3v) is 12.5. The van der Waals surface area contributed by atoms with E-state index in [0.717, 1.165) is 48.7 Å². The van der Waals surface area contributed by atoms with Crippen molar-refractivity contribution < 1.29 is 32.3 Å². The number of carbonyl (C=O) groups excluding carboxylic acids is 3. The van der Waals surface area contributed by atoms with Crippen molar-refractivity contribution in [2.45, 2.75) is 94.9 Å². The highest BCUT2D eigenvalue weighted by molar-refractivity contribution is 7.91. The molecule has 286 valence electrons. The number of pyridine rings is 1. The summed E-state index contributed by atoms with van der Waals surface area (Å²) in [6.45, 7) is 7.04. The van der Waals surface area contributed by atoms with Crippen LogP contribution in [0.25, 0.3) is 16.7 Å². The molecule has 3 aliphatic rings. The van der Waals surface area contributed by atoms with Crippen LogP contribution in [0.1, 0.15) is 82.4 Å². The van der Waals surface area contributed by atoms with Crippen molar-refractivity contribution in [2.75, 3.05) is 27.7 Å². The highest BCUT2D eigenvalue weighted by Crippen LogP contribution is 2.47. The number of sulfonamides is 1. The number of fused-ring (bicyclic) bond motifs is 1. The van der Waals surface area contributed by atoms with Gasteiger partial charge < -0.3 is 24.5 Å². The van der Waals surface area contributed by atoms with E-state index in [2.05, 4.69) is 28.8 Å².